The van der Waals surface area contributed by atoms with Crippen LogP contribution in [-0.4, -0.2) is 29.6 Å². The second-order valence-electron chi connectivity index (χ2n) is 12.2. The number of aryl methyl sites for hydroxylation is 2. The number of allylic oxidation sites excluding steroid dienone is 1. The van der Waals surface area contributed by atoms with E-state index in [1.54, 1.807) is 68.4 Å². The molecule has 216 valence electrons. The highest BCUT2D eigenvalue weighted by molar-refractivity contribution is 6.28. The fraction of sp³-hybridized carbons (Fsp3) is 0.286. The summed E-state index contributed by atoms with van der Waals surface area (Å²) in [6.45, 7) is 7.07. The fourth-order valence-corrected chi connectivity index (χ4v) is 8.36. The van der Waals surface area contributed by atoms with Gasteiger partial charge in [0, 0.05) is 16.9 Å². The van der Waals surface area contributed by atoms with Crippen LogP contribution in [0.5, 0.6) is 5.75 Å². The van der Waals surface area contributed by atoms with Gasteiger partial charge in [0.25, 0.3) is 0 Å². The number of carbonyl (C=O) groups is 5. The number of benzene rings is 3. The molecule has 2 heterocycles. The van der Waals surface area contributed by atoms with Crippen molar-refractivity contribution in [1.29, 1.82) is 0 Å². The van der Waals surface area contributed by atoms with E-state index in [1.807, 2.05) is 38.1 Å². The maximum atomic E-state index is 14.4. The first kappa shape index (κ1) is 27.0. The van der Waals surface area contributed by atoms with E-state index in [-0.39, 0.29) is 5.57 Å². The van der Waals surface area contributed by atoms with Gasteiger partial charge < -0.3 is 4.74 Å². The van der Waals surface area contributed by atoms with Gasteiger partial charge in [-0.1, -0.05) is 67.1 Å². The molecule has 0 N–H and O–H groups in total. The third-order valence-electron chi connectivity index (χ3n) is 10.1. The van der Waals surface area contributed by atoms with Gasteiger partial charge in [-0.3, -0.25) is 19.2 Å². The number of carbonyl (C=O) groups excluding carboxylic acids is 5. The van der Waals surface area contributed by atoms with Crippen molar-refractivity contribution in [2.24, 2.45) is 35.0 Å². The van der Waals surface area contributed by atoms with E-state index < -0.39 is 64.6 Å². The largest absolute Gasteiger partial charge is 0.423 e. The Morgan fingerprint density at radius 1 is 0.628 bits per heavy atom. The molecule has 4 amide bonds. The Labute approximate surface area is 248 Å². The number of anilines is 2. The number of hydrogen-bond donors (Lipinski definition) is 0. The van der Waals surface area contributed by atoms with E-state index >= 15 is 0 Å². The van der Waals surface area contributed by atoms with Crippen molar-refractivity contribution >= 4 is 41.0 Å². The number of rotatable bonds is 4. The summed E-state index contributed by atoms with van der Waals surface area (Å²) in [5, 5.41) is 0. The molecule has 6 atom stereocenters. The average molecular weight is 575 g/mol. The van der Waals surface area contributed by atoms with Gasteiger partial charge in [0.05, 0.1) is 35.0 Å². The number of amides is 4. The first-order valence-corrected chi connectivity index (χ1v) is 14.4. The molecule has 2 bridgehead atoms. The quantitative estimate of drug-likeness (QED) is 0.252. The molecule has 8 rings (SSSR count). The summed E-state index contributed by atoms with van der Waals surface area (Å²) in [6, 6.07) is 22.8. The zero-order chi connectivity index (χ0) is 30.4. The highest BCUT2D eigenvalue weighted by atomic mass is 16.5. The van der Waals surface area contributed by atoms with Gasteiger partial charge in [-0.25, -0.2) is 14.6 Å². The van der Waals surface area contributed by atoms with Crippen LogP contribution in [-0.2, 0) is 24.0 Å². The van der Waals surface area contributed by atoms with E-state index in [9.17, 15) is 24.0 Å². The molecule has 8 nitrogen and oxygen atoms in total. The summed E-state index contributed by atoms with van der Waals surface area (Å²) >= 11 is 0. The van der Waals surface area contributed by atoms with E-state index in [2.05, 4.69) is 0 Å². The van der Waals surface area contributed by atoms with Crippen molar-refractivity contribution in [2.45, 2.75) is 27.7 Å². The minimum atomic E-state index is -1.48. The predicted molar refractivity (Wildman–Crippen MR) is 158 cm³/mol. The molecule has 0 spiro atoms. The highest BCUT2D eigenvalue weighted by Crippen LogP contribution is 2.69. The summed E-state index contributed by atoms with van der Waals surface area (Å²) in [6.07, 6.45) is 0. The zero-order valence-electron chi connectivity index (χ0n) is 24.2. The average Bonchev–Trinajstić information content (AvgIpc) is 3.40. The van der Waals surface area contributed by atoms with Crippen LogP contribution in [0.3, 0.4) is 0 Å². The molecule has 0 radical (unpaired) electrons. The van der Waals surface area contributed by atoms with Crippen LogP contribution in [0, 0.1) is 48.9 Å². The summed E-state index contributed by atoms with van der Waals surface area (Å²) in [5.74, 6) is -6.82. The molecule has 3 fully saturated rings. The number of imide groups is 2. The first-order chi connectivity index (χ1) is 20.6. The SMILES string of the molecule is CC1=C(C(=O)Oc2ccccc2)C2(C)[C@@H]3C(=O)N(c4ccccc4C)C(=O)[C@@H]3C1[C@H]1C(=O)N(c3ccccc3C)C(=O)[C@@H]12. The number of esters is 1. The van der Waals surface area contributed by atoms with E-state index in [1.165, 1.54) is 9.80 Å². The minimum Gasteiger partial charge on any atom is -0.423 e. The lowest BCUT2D eigenvalue weighted by atomic mass is 9.43. The van der Waals surface area contributed by atoms with Crippen LogP contribution in [0.4, 0.5) is 11.4 Å². The topological polar surface area (TPSA) is 101 Å². The number of ether oxygens (including phenoxy) is 1. The summed E-state index contributed by atoms with van der Waals surface area (Å²) in [5.41, 5.74) is 1.65. The molecular weight excluding hydrogens is 544 g/mol. The predicted octanol–water partition coefficient (Wildman–Crippen LogP) is 4.79. The number of para-hydroxylation sites is 3. The van der Waals surface area contributed by atoms with Crippen molar-refractivity contribution in [3.8, 4) is 5.75 Å². The minimum absolute atomic E-state index is 0.199. The molecule has 8 heteroatoms. The smallest absolute Gasteiger partial charge is 0.339 e. The van der Waals surface area contributed by atoms with Crippen LogP contribution in [0.2, 0.25) is 0 Å². The summed E-state index contributed by atoms with van der Waals surface area (Å²) in [4.78, 5) is 73.9. The third kappa shape index (κ3) is 3.46. The van der Waals surface area contributed by atoms with Gasteiger partial charge in [-0.05, 0) is 56.2 Å². The van der Waals surface area contributed by atoms with Crippen molar-refractivity contribution in [1.82, 2.24) is 0 Å². The standard InChI is InChI=1S/C35H30N2O6/c1-18-12-8-10-16-22(18)36-30(38)25-24-20(3)27(34(42)43-21-14-6-5-7-15-21)35(4,28(25)32(36)40)29-26(24)31(39)37(33(29)41)23-17-11-9-13-19(23)2/h5-17,24-26,28-29H,1-4H3/t24?,25-,26-,28-,29+,35?/m1/s1. The molecule has 2 aliphatic heterocycles. The molecule has 3 aromatic rings. The van der Waals surface area contributed by atoms with Gasteiger partial charge in [0.15, 0.2) is 0 Å². The Morgan fingerprint density at radius 2 is 1.07 bits per heavy atom. The maximum absolute atomic E-state index is 14.4. The van der Waals surface area contributed by atoms with Crippen molar-refractivity contribution in [2.75, 3.05) is 9.80 Å². The monoisotopic (exact) mass is 574 g/mol. The molecule has 2 saturated heterocycles. The summed E-state index contributed by atoms with van der Waals surface area (Å²) in [7, 11) is 0. The van der Waals surface area contributed by atoms with E-state index in [0.29, 0.717) is 22.7 Å². The number of nitrogens with zero attached hydrogens (tertiary/aromatic N) is 2. The Kier molecular flexibility index (Phi) is 5.86. The third-order valence-corrected chi connectivity index (χ3v) is 10.1. The van der Waals surface area contributed by atoms with Gasteiger partial charge in [0.2, 0.25) is 23.6 Å². The van der Waals surface area contributed by atoms with Crippen LogP contribution >= 0.6 is 0 Å². The normalized spacial score (nSPS) is 29.3. The van der Waals surface area contributed by atoms with E-state index in [0.717, 1.165) is 11.1 Å². The molecule has 43 heavy (non-hydrogen) atoms. The number of hydrogen-bond acceptors (Lipinski definition) is 6. The zero-order valence-corrected chi connectivity index (χ0v) is 24.2. The maximum Gasteiger partial charge on any atom is 0.339 e. The van der Waals surface area contributed by atoms with Crippen molar-refractivity contribution in [3.05, 3.63) is 101 Å². The second-order valence-corrected chi connectivity index (χ2v) is 12.2. The van der Waals surface area contributed by atoms with Crippen LogP contribution in [0.15, 0.2) is 90.0 Å². The Bertz CT molecular complexity index is 1700. The summed E-state index contributed by atoms with van der Waals surface area (Å²) < 4.78 is 5.81. The van der Waals surface area contributed by atoms with Crippen LogP contribution < -0.4 is 14.5 Å². The Balaban J connectivity index is 1.42. The van der Waals surface area contributed by atoms with Crippen molar-refractivity contribution < 1.29 is 28.7 Å². The lowest BCUT2D eigenvalue weighted by Crippen LogP contribution is -2.61. The molecular formula is C35H30N2O6. The fourth-order valence-electron chi connectivity index (χ4n) is 8.36. The molecule has 3 aromatic carbocycles. The molecule has 5 aliphatic rings. The van der Waals surface area contributed by atoms with E-state index in [4.69, 9.17) is 4.74 Å². The molecule has 0 aromatic heterocycles. The molecule has 1 saturated carbocycles. The van der Waals surface area contributed by atoms with Crippen LogP contribution in [0.25, 0.3) is 0 Å². The second kappa shape index (κ2) is 9.33. The molecule has 2 unspecified atom stereocenters. The molecule has 3 aliphatic carbocycles. The lowest BCUT2D eigenvalue weighted by Gasteiger charge is -2.55. The van der Waals surface area contributed by atoms with Gasteiger partial charge in [-0.2, -0.15) is 0 Å². The van der Waals surface area contributed by atoms with Gasteiger partial charge in [0.1, 0.15) is 5.75 Å². The highest BCUT2D eigenvalue weighted by Gasteiger charge is 2.77. The lowest BCUT2D eigenvalue weighted by molar-refractivity contribution is -0.152. The Hall–Kier alpha value is -4.85. The van der Waals surface area contributed by atoms with Crippen LogP contribution in [0.1, 0.15) is 25.0 Å². The van der Waals surface area contributed by atoms with Crippen molar-refractivity contribution in [3.63, 3.8) is 0 Å². The van der Waals surface area contributed by atoms with Gasteiger partial charge >= 0.3 is 5.97 Å². The van der Waals surface area contributed by atoms with Gasteiger partial charge in [-0.15, -0.1) is 0 Å². The Morgan fingerprint density at radius 3 is 1.53 bits per heavy atom. The first-order valence-electron chi connectivity index (χ1n) is 14.4.